The molecule has 1 atom stereocenters. The summed E-state index contributed by atoms with van der Waals surface area (Å²) in [6, 6.07) is 5.86. The molecule has 0 bridgehead atoms. The number of thioether (sulfide) groups is 1. The van der Waals surface area contributed by atoms with Gasteiger partial charge in [0.2, 0.25) is 0 Å². The largest absolute Gasteiger partial charge is 0.481 e. The van der Waals surface area contributed by atoms with Crippen molar-refractivity contribution >= 4 is 23.6 Å². The number of aryl methyl sites for hydroxylation is 1. The summed E-state index contributed by atoms with van der Waals surface area (Å²) in [5, 5.41) is 11.3. The van der Waals surface area contributed by atoms with Gasteiger partial charge in [-0.05, 0) is 43.0 Å². The zero-order chi connectivity index (χ0) is 17.4. The first kappa shape index (κ1) is 19.4. The first-order valence-electron chi connectivity index (χ1n) is 7.65. The lowest BCUT2D eigenvalue weighted by molar-refractivity contribution is -0.134. The van der Waals surface area contributed by atoms with Crippen LogP contribution in [-0.4, -0.2) is 41.1 Å². The predicted octanol–water partition coefficient (Wildman–Crippen LogP) is 2.82. The zero-order valence-electron chi connectivity index (χ0n) is 14.1. The Bertz CT molecular complexity index is 545. The number of hydrogen-bond donors (Lipinski definition) is 2. The van der Waals surface area contributed by atoms with Crippen LogP contribution in [0.3, 0.4) is 0 Å². The minimum Gasteiger partial charge on any atom is -0.481 e. The molecule has 0 fully saturated rings. The Labute approximate surface area is 141 Å². The summed E-state index contributed by atoms with van der Waals surface area (Å²) >= 11 is 1.27. The van der Waals surface area contributed by atoms with Gasteiger partial charge in [0, 0.05) is 12.3 Å². The predicted molar refractivity (Wildman–Crippen MR) is 93.3 cm³/mol. The van der Waals surface area contributed by atoms with E-state index in [0.717, 1.165) is 5.56 Å². The van der Waals surface area contributed by atoms with Crippen molar-refractivity contribution in [2.75, 3.05) is 18.1 Å². The lowest BCUT2D eigenvalue weighted by Gasteiger charge is -2.17. The molecule has 0 aliphatic rings. The number of rotatable bonds is 9. The lowest BCUT2D eigenvalue weighted by atomic mass is 9.98. The molecule has 23 heavy (non-hydrogen) atoms. The van der Waals surface area contributed by atoms with Gasteiger partial charge in [-0.15, -0.1) is 11.8 Å². The number of carboxylic acids is 1. The topological polar surface area (TPSA) is 75.6 Å². The summed E-state index contributed by atoms with van der Waals surface area (Å²) in [4.78, 5) is 22.3. The Hall–Kier alpha value is -1.69. The van der Waals surface area contributed by atoms with Crippen LogP contribution in [0.15, 0.2) is 18.2 Å². The molecule has 0 radical (unpaired) electrons. The molecule has 6 heteroatoms. The van der Waals surface area contributed by atoms with Crippen LogP contribution >= 0.6 is 11.8 Å². The molecule has 0 heterocycles. The third-order valence-electron chi connectivity index (χ3n) is 3.32. The van der Waals surface area contributed by atoms with Gasteiger partial charge in [0.25, 0.3) is 5.91 Å². The maximum Gasteiger partial charge on any atom is 0.313 e. The van der Waals surface area contributed by atoms with Gasteiger partial charge in [-0.1, -0.05) is 19.9 Å². The number of carboxylic acid groups (broad SMARTS) is 1. The molecule has 1 unspecified atom stereocenters. The van der Waals surface area contributed by atoms with Crippen molar-refractivity contribution in [1.29, 1.82) is 0 Å². The molecule has 0 aliphatic carbocycles. The molecule has 0 spiro atoms. The van der Waals surface area contributed by atoms with Gasteiger partial charge in [-0.2, -0.15) is 0 Å². The van der Waals surface area contributed by atoms with E-state index in [9.17, 15) is 9.59 Å². The number of hydrogen-bond acceptors (Lipinski definition) is 4. The summed E-state index contributed by atoms with van der Waals surface area (Å²) in [7, 11) is 0. The molecule has 1 rings (SSSR count). The molecule has 0 saturated carbocycles. The number of carbonyl (C=O) groups excluding carboxylic acids is 1. The number of benzene rings is 1. The fourth-order valence-electron chi connectivity index (χ4n) is 2.18. The Balaban J connectivity index is 2.43. The minimum absolute atomic E-state index is 0.0450. The van der Waals surface area contributed by atoms with E-state index in [1.807, 2.05) is 25.1 Å². The van der Waals surface area contributed by atoms with Crippen LogP contribution in [-0.2, 0) is 9.59 Å². The molecular weight excluding hydrogens is 314 g/mol. The van der Waals surface area contributed by atoms with Gasteiger partial charge >= 0.3 is 5.97 Å². The monoisotopic (exact) mass is 339 g/mol. The minimum atomic E-state index is -0.849. The Kier molecular flexibility index (Phi) is 7.95. The van der Waals surface area contributed by atoms with E-state index in [-0.39, 0.29) is 11.7 Å². The summed E-state index contributed by atoms with van der Waals surface area (Å²) in [6.07, 6.45) is -0.594. The van der Waals surface area contributed by atoms with Crippen molar-refractivity contribution in [2.45, 2.75) is 39.7 Å². The fraction of sp³-hybridized carbons (Fsp3) is 0.529. The van der Waals surface area contributed by atoms with Crippen LogP contribution in [0.25, 0.3) is 0 Å². The Morgan fingerprint density at radius 1 is 1.30 bits per heavy atom. The van der Waals surface area contributed by atoms with E-state index in [0.29, 0.717) is 24.0 Å². The molecule has 5 nitrogen and oxygen atoms in total. The van der Waals surface area contributed by atoms with Crippen LogP contribution in [0.2, 0.25) is 0 Å². The van der Waals surface area contributed by atoms with Crippen LogP contribution in [0, 0.1) is 6.92 Å². The maximum atomic E-state index is 11.9. The van der Waals surface area contributed by atoms with Crippen LogP contribution in [0.4, 0.5) is 0 Å². The van der Waals surface area contributed by atoms with E-state index in [1.54, 1.807) is 6.92 Å². The van der Waals surface area contributed by atoms with Crippen LogP contribution in [0.1, 0.15) is 37.8 Å². The van der Waals surface area contributed by atoms with Gasteiger partial charge < -0.3 is 15.2 Å². The molecule has 0 aliphatic heterocycles. The van der Waals surface area contributed by atoms with Crippen molar-refractivity contribution in [1.82, 2.24) is 5.32 Å². The van der Waals surface area contributed by atoms with Crippen LogP contribution in [0.5, 0.6) is 5.75 Å². The molecule has 1 aromatic carbocycles. The number of aliphatic carboxylic acids is 1. The van der Waals surface area contributed by atoms with Gasteiger partial charge in [0.1, 0.15) is 5.75 Å². The Morgan fingerprint density at radius 2 is 2.00 bits per heavy atom. The van der Waals surface area contributed by atoms with E-state index in [2.05, 4.69) is 19.2 Å². The highest BCUT2D eigenvalue weighted by atomic mass is 32.2. The van der Waals surface area contributed by atoms with Gasteiger partial charge in [0.15, 0.2) is 6.10 Å². The van der Waals surface area contributed by atoms with Crippen LogP contribution < -0.4 is 10.1 Å². The summed E-state index contributed by atoms with van der Waals surface area (Å²) < 4.78 is 5.67. The average molecular weight is 339 g/mol. The van der Waals surface area contributed by atoms with Gasteiger partial charge in [-0.25, -0.2) is 0 Å². The molecule has 1 amide bonds. The number of ether oxygens (including phenoxy) is 1. The first-order chi connectivity index (χ1) is 10.8. The third-order valence-corrected chi connectivity index (χ3v) is 4.26. The maximum absolute atomic E-state index is 11.9. The summed E-state index contributed by atoms with van der Waals surface area (Å²) in [6.45, 7) is 8.44. The molecule has 2 N–H and O–H groups in total. The highest BCUT2D eigenvalue weighted by molar-refractivity contribution is 7.99. The number of carbonyl (C=O) groups is 2. The van der Waals surface area contributed by atoms with Crippen molar-refractivity contribution in [2.24, 2.45) is 0 Å². The quantitative estimate of drug-likeness (QED) is 0.677. The van der Waals surface area contributed by atoms with E-state index >= 15 is 0 Å². The van der Waals surface area contributed by atoms with Crippen molar-refractivity contribution < 1.29 is 19.4 Å². The highest BCUT2D eigenvalue weighted by Crippen LogP contribution is 2.24. The molecule has 128 valence electrons. The second-order valence-electron chi connectivity index (χ2n) is 5.67. The zero-order valence-corrected chi connectivity index (χ0v) is 14.9. The molecule has 0 aromatic heterocycles. The van der Waals surface area contributed by atoms with Gasteiger partial charge in [-0.3, -0.25) is 9.59 Å². The molecule has 0 saturated heterocycles. The van der Waals surface area contributed by atoms with E-state index < -0.39 is 12.1 Å². The van der Waals surface area contributed by atoms with E-state index in [1.165, 1.54) is 17.3 Å². The molecule has 1 aromatic rings. The average Bonchev–Trinajstić information content (AvgIpc) is 2.45. The second-order valence-corrected chi connectivity index (χ2v) is 6.78. The standard InChI is InChI=1S/C17H25NO4S/c1-11(2)15-6-5-14(9-12(15)3)22-13(4)17(21)18-7-8-23-10-16(19)20/h5-6,9,11,13H,7-8,10H2,1-4H3,(H,18,21)(H,19,20). The SMILES string of the molecule is Cc1cc(OC(C)C(=O)NCCSCC(=O)O)ccc1C(C)C. The van der Waals surface area contributed by atoms with Crippen molar-refractivity contribution in [3.05, 3.63) is 29.3 Å². The normalized spacial score (nSPS) is 12.0. The second kappa shape index (κ2) is 9.45. The van der Waals surface area contributed by atoms with E-state index in [4.69, 9.17) is 9.84 Å². The number of amides is 1. The molecular formula is C17H25NO4S. The Morgan fingerprint density at radius 3 is 2.57 bits per heavy atom. The van der Waals surface area contributed by atoms with Crippen molar-refractivity contribution in [3.63, 3.8) is 0 Å². The first-order valence-corrected chi connectivity index (χ1v) is 8.81. The number of nitrogens with one attached hydrogen (secondary N) is 1. The lowest BCUT2D eigenvalue weighted by Crippen LogP contribution is -2.37. The highest BCUT2D eigenvalue weighted by Gasteiger charge is 2.15. The van der Waals surface area contributed by atoms with Crippen molar-refractivity contribution in [3.8, 4) is 5.75 Å². The fourth-order valence-corrected chi connectivity index (χ4v) is 2.74. The summed E-state index contributed by atoms with van der Waals surface area (Å²) in [5.41, 5.74) is 2.42. The van der Waals surface area contributed by atoms with Gasteiger partial charge in [0.05, 0.1) is 5.75 Å². The smallest absolute Gasteiger partial charge is 0.313 e. The third kappa shape index (κ3) is 6.95. The summed E-state index contributed by atoms with van der Waals surface area (Å²) in [5.74, 6) is 0.684.